The van der Waals surface area contributed by atoms with Gasteiger partial charge in [-0.25, -0.2) is 4.79 Å². The summed E-state index contributed by atoms with van der Waals surface area (Å²) in [5.74, 6) is 0. The summed E-state index contributed by atoms with van der Waals surface area (Å²) in [5, 5.41) is 0. The van der Waals surface area contributed by atoms with Crippen LogP contribution < -0.4 is 11.2 Å². The van der Waals surface area contributed by atoms with Crippen LogP contribution >= 0.6 is 0 Å². The van der Waals surface area contributed by atoms with E-state index in [1.165, 1.54) is 0 Å². The standard InChI is InChI=1S/C6H6F2N2O6S2/c1-3-4(2)9(17(7,13)14)6(12)10(5(3)11)18(8,15)16/h1-2H3. The number of hydrogen-bond donors (Lipinski definition) is 0. The Balaban J connectivity index is 4.24. The minimum Gasteiger partial charge on any atom is -0.268 e. The molecule has 0 aromatic carbocycles. The summed E-state index contributed by atoms with van der Waals surface area (Å²) in [6.07, 6.45) is 0. The largest absolute Gasteiger partial charge is 0.410 e. The molecule has 0 fully saturated rings. The molecule has 0 atom stereocenters. The van der Waals surface area contributed by atoms with Crippen LogP contribution in [0.3, 0.4) is 0 Å². The molecule has 0 aliphatic carbocycles. The average molecular weight is 304 g/mol. The van der Waals surface area contributed by atoms with E-state index in [-0.39, 0.29) is 0 Å². The Morgan fingerprint density at radius 3 is 1.61 bits per heavy atom. The summed E-state index contributed by atoms with van der Waals surface area (Å²) in [5.41, 5.74) is -4.99. The lowest BCUT2D eigenvalue weighted by molar-refractivity contribution is 0.524. The van der Waals surface area contributed by atoms with E-state index in [1.807, 2.05) is 0 Å². The summed E-state index contributed by atoms with van der Waals surface area (Å²) >= 11 is 0. The third kappa shape index (κ3) is 2.20. The van der Waals surface area contributed by atoms with Crippen LogP contribution in [0.1, 0.15) is 11.3 Å². The summed E-state index contributed by atoms with van der Waals surface area (Å²) in [4.78, 5) is 22.7. The van der Waals surface area contributed by atoms with Crippen molar-refractivity contribution in [3.63, 3.8) is 0 Å². The molecule has 102 valence electrons. The van der Waals surface area contributed by atoms with Gasteiger partial charge in [-0.3, -0.25) is 4.79 Å². The van der Waals surface area contributed by atoms with Crippen molar-refractivity contribution in [2.45, 2.75) is 13.8 Å². The number of halogens is 2. The fraction of sp³-hybridized carbons (Fsp3) is 0.333. The van der Waals surface area contributed by atoms with Crippen molar-refractivity contribution in [1.29, 1.82) is 0 Å². The highest BCUT2D eigenvalue weighted by atomic mass is 32.3. The first kappa shape index (κ1) is 14.5. The Morgan fingerprint density at radius 2 is 1.28 bits per heavy atom. The third-order valence-corrected chi connectivity index (χ3v) is 3.76. The van der Waals surface area contributed by atoms with Crippen molar-refractivity contribution < 1.29 is 24.6 Å². The van der Waals surface area contributed by atoms with Gasteiger partial charge in [0.2, 0.25) is 0 Å². The monoisotopic (exact) mass is 304 g/mol. The molecule has 0 saturated carbocycles. The molecular formula is C6H6F2N2O6S2. The van der Waals surface area contributed by atoms with E-state index < -0.39 is 51.3 Å². The lowest BCUT2D eigenvalue weighted by Crippen LogP contribution is -2.45. The summed E-state index contributed by atoms with van der Waals surface area (Å²) < 4.78 is 66.5. The van der Waals surface area contributed by atoms with E-state index in [9.17, 15) is 34.2 Å². The van der Waals surface area contributed by atoms with Crippen LogP contribution in [-0.2, 0) is 20.8 Å². The average Bonchev–Trinajstić information content (AvgIpc) is 2.09. The Labute approximate surface area is 99.8 Å². The topological polar surface area (TPSA) is 112 Å². The van der Waals surface area contributed by atoms with Crippen molar-refractivity contribution >= 4 is 20.8 Å². The molecule has 0 aliphatic rings. The van der Waals surface area contributed by atoms with Gasteiger partial charge in [-0.15, -0.1) is 3.97 Å². The van der Waals surface area contributed by atoms with Crippen molar-refractivity contribution in [1.82, 2.24) is 7.94 Å². The second kappa shape index (κ2) is 3.98. The van der Waals surface area contributed by atoms with Crippen molar-refractivity contribution in [2.24, 2.45) is 0 Å². The van der Waals surface area contributed by atoms with Crippen LogP contribution in [0.15, 0.2) is 9.59 Å². The van der Waals surface area contributed by atoms with Gasteiger partial charge in [-0.05, 0) is 13.8 Å². The fourth-order valence-electron chi connectivity index (χ4n) is 1.22. The molecule has 1 aromatic rings. The first-order chi connectivity index (χ1) is 7.89. The zero-order valence-electron chi connectivity index (χ0n) is 8.92. The predicted molar refractivity (Wildman–Crippen MR) is 55.3 cm³/mol. The zero-order chi connectivity index (χ0) is 14.5. The zero-order valence-corrected chi connectivity index (χ0v) is 10.5. The van der Waals surface area contributed by atoms with Crippen LogP contribution in [0.25, 0.3) is 0 Å². The van der Waals surface area contributed by atoms with E-state index >= 15 is 0 Å². The second-order valence-corrected chi connectivity index (χ2v) is 5.59. The normalized spacial score (nSPS) is 12.7. The van der Waals surface area contributed by atoms with Gasteiger partial charge < -0.3 is 0 Å². The van der Waals surface area contributed by atoms with Crippen molar-refractivity contribution in [3.05, 3.63) is 32.1 Å². The van der Waals surface area contributed by atoms with Crippen LogP contribution in [0.5, 0.6) is 0 Å². The highest BCUT2D eigenvalue weighted by Gasteiger charge is 2.27. The molecule has 0 amide bonds. The van der Waals surface area contributed by atoms with E-state index in [4.69, 9.17) is 0 Å². The minimum atomic E-state index is -5.85. The lowest BCUT2D eigenvalue weighted by atomic mass is 10.3. The van der Waals surface area contributed by atoms with Crippen LogP contribution in [-0.4, -0.2) is 24.8 Å². The van der Waals surface area contributed by atoms with Crippen LogP contribution in [0.2, 0.25) is 0 Å². The van der Waals surface area contributed by atoms with Gasteiger partial charge in [0.05, 0.1) is 0 Å². The summed E-state index contributed by atoms with van der Waals surface area (Å²) in [6.45, 7) is 1.81. The van der Waals surface area contributed by atoms with E-state index in [1.54, 1.807) is 0 Å². The Bertz CT molecular complexity index is 832. The van der Waals surface area contributed by atoms with Crippen LogP contribution in [0.4, 0.5) is 7.77 Å². The molecule has 0 radical (unpaired) electrons. The molecule has 8 nitrogen and oxygen atoms in total. The van der Waals surface area contributed by atoms with Gasteiger partial charge in [-0.1, -0.05) is 7.77 Å². The number of rotatable bonds is 2. The number of aromatic nitrogens is 2. The molecule has 0 unspecified atom stereocenters. The molecule has 0 bridgehead atoms. The molecule has 0 aliphatic heterocycles. The van der Waals surface area contributed by atoms with Gasteiger partial charge in [0.25, 0.3) is 5.56 Å². The smallest absolute Gasteiger partial charge is 0.268 e. The lowest BCUT2D eigenvalue weighted by Gasteiger charge is -2.09. The SMILES string of the molecule is Cc1c(C)n(S(=O)(=O)F)c(=O)n(S(=O)(=O)F)c1=O. The maximum absolute atomic E-state index is 12.8. The second-order valence-electron chi connectivity index (χ2n) is 3.21. The highest BCUT2D eigenvalue weighted by molar-refractivity contribution is 7.85. The third-order valence-electron chi connectivity index (χ3n) is 2.14. The first-order valence-electron chi connectivity index (χ1n) is 4.14. The molecule has 1 aromatic heterocycles. The van der Waals surface area contributed by atoms with Gasteiger partial charge in [0.15, 0.2) is 0 Å². The molecule has 12 heteroatoms. The highest BCUT2D eigenvalue weighted by Crippen LogP contribution is 2.05. The Hall–Kier alpha value is -1.56. The molecule has 1 rings (SSSR count). The van der Waals surface area contributed by atoms with E-state index in [2.05, 4.69) is 0 Å². The van der Waals surface area contributed by atoms with E-state index in [0.29, 0.717) is 0 Å². The number of nitrogens with zero attached hydrogens (tertiary/aromatic N) is 2. The van der Waals surface area contributed by atoms with Crippen LogP contribution in [0, 0.1) is 13.8 Å². The van der Waals surface area contributed by atoms with Gasteiger partial charge in [0, 0.05) is 11.3 Å². The first-order valence-corrected chi connectivity index (χ1v) is 6.82. The van der Waals surface area contributed by atoms with Gasteiger partial charge in [-0.2, -0.15) is 20.8 Å². The van der Waals surface area contributed by atoms with Crippen molar-refractivity contribution in [2.75, 3.05) is 0 Å². The maximum atomic E-state index is 12.8. The molecule has 1 heterocycles. The van der Waals surface area contributed by atoms with Crippen molar-refractivity contribution in [3.8, 4) is 0 Å². The maximum Gasteiger partial charge on any atom is 0.410 e. The predicted octanol–water partition coefficient (Wildman–Crippen LogP) is -1.25. The molecule has 0 spiro atoms. The molecular weight excluding hydrogens is 298 g/mol. The number of hydrogen-bond acceptors (Lipinski definition) is 6. The molecule has 0 N–H and O–H groups in total. The molecule has 18 heavy (non-hydrogen) atoms. The van der Waals surface area contributed by atoms with Gasteiger partial charge >= 0.3 is 26.5 Å². The Morgan fingerprint density at radius 1 is 0.889 bits per heavy atom. The van der Waals surface area contributed by atoms with E-state index in [0.717, 1.165) is 13.8 Å². The summed E-state index contributed by atoms with van der Waals surface area (Å²) in [7, 11) is -11.5. The quantitative estimate of drug-likeness (QED) is 0.631. The molecule has 0 saturated heterocycles. The fourth-order valence-corrected chi connectivity index (χ4v) is 2.61. The summed E-state index contributed by atoms with van der Waals surface area (Å²) in [6, 6.07) is 0. The Kier molecular flexibility index (Phi) is 3.21. The van der Waals surface area contributed by atoms with Gasteiger partial charge in [0.1, 0.15) is 0 Å². The minimum absolute atomic E-state index is 0.600.